The van der Waals surface area contributed by atoms with Crippen LogP contribution in [0.3, 0.4) is 0 Å². The molecule has 1 N–H and O–H groups in total. The minimum atomic E-state index is -0.507. The number of halogens is 1. The molecule has 0 unspecified atom stereocenters. The molecule has 0 radical (unpaired) electrons. The predicted molar refractivity (Wildman–Crippen MR) is 88.0 cm³/mol. The van der Waals surface area contributed by atoms with Gasteiger partial charge >= 0.3 is 0 Å². The summed E-state index contributed by atoms with van der Waals surface area (Å²) in [6, 6.07) is 7.88. The Morgan fingerprint density at radius 3 is 2.54 bits per heavy atom. The van der Waals surface area contributed by atoms with E-state index in [9.17, 15) is 14.0 Å². The normalized spacial score (nSPS) is 15.2. The van der Waals surface area contributed by atoms with Gasteiger partial charge in [-0.25, -0.2) is 4.39 Å². The highest BCUT2D eigenvalue weighted by Gasteiger charge is 2.24. The Bertz CT molecular complexity index is 715. The van der Waals surface area contributed by atoms with Gasteiger partial charge in [-0.2, -0.15) is 0 Å². The molecule has 0 bridgehead atoms. The van der Waals surface area contributed by atoms with Gasteiger partial charge in [0.15, 0.2) is 0 Å². The molecule has 2 aromatic rings. The standard InChI is InChI=1S/C18H20FN3O2/c19-16-5-2-1-4-15(16)18(24)22-9-3-8-21(10-11-22)17(23)12-14-6-7-20-13-14/h1-2,4-7,13,20H,3,8-12H2. The molecule has 0 saturated carbocycles. The molecule has 1 aromatic heterocycles. The molecule has 6 heteroatoms. The molecule has 1 aromatic carbocycles. The van der Waals surface area contributed by atoms with Gasteiger partial charge in [0.1, 0.15) is 5.82 Å². The van der Waals surface area contributed by atoms with E-state index in [0.29, 0.717) is 39.0 Å². The van der Waals surface area contributed by atoms with E-state index in [1.807, 2.05) is 12.3 Å². The minimum absolute atomic E-state index is 0.0507. The van der Waals surface area contributed by atoms with Crippen molar-refractivity contribution in [2.24, 2.45) is 0 Å². The Kier molecular flexibility index (Phi) is 4.93. The van der Waals surface area contributed by atoms with E-state index in [-0.39, 0.29) is 17.4 Å². The van der Waals surface area contributed by atoms with Gasteiger partial charge in [-0.1, -0.05) is 12.1 Å². The molecular formula is C18H20FN3O2. The van der Waals surface area contributed by atoms with Crippen molar-refractivity contribution in [1.29, 1.82) is 0 Å². The van der Waals surface area contributed by atoms with Crippen LogP contribution in [0.4, 0.5) is 4.39 Å². The van der Waals surface area contributed by atoms with Crippen LogP contribution in [0.25, 0.3) is 0 Å². The third-order valence-corrected chi connectivity index (χ3v) is 4.26. The first kappa shape index (κ1) is 16.2. The Hall–Kier alpha value is -2.63. The van der Waals surface area contributed by atoms with Crippen LogP contribution in [0.1, 0.15) is 22.3 Å². The molecule has 2 heterocycles. The van der Waals surface area contributed by atoms with Gasteiger partial charge in [-0.3, -0.25) is 9.59 Å². The summed E-state index contributed by atoms with van der Waals surface area (Å²) in [6.07, 6.45) is 4.65. The van der Waals surface area contributed by atoms with E-state index in [1.54, 1.807) is 28.1 Å². The van der Waals surface area contributed by atoms with E-state index in [4.69, 9.17) is 0 Å². The molecule has 1 saturated heterocycles. The van der Waals surface area contributed by atoms with Crippen LogP contribution in [-0.2, 0) is 11.2 Å². The quantitative estimate of drug-likeness (QED) is 0.937. The highest BCUT2D eigenvalue weighted by atomic mass is 19.1. The number of hydrogen-bond donors (Lipinski definition) is 1. The second-order valence-corrected chi connectivity index (χ2v) is 5.90. The Labute approximate surface area is 140 Å². The van der Waals surface area contributed by atoms with Crippen LogP contribution in [0.5, 0.6) is 0 Å². The number of hydrogen-bond acceptors (Lipinski definition) is 2. The van der Waals surface area contributed by atoms with Gasteiger partial charge in [-0.15, -0.1) is 0 Å². The number of nitrogens with one attached hydrogen (secondary N) is 1. The first-order chi connectivity index (χ1) is 11.6. The minimum Gasteiger partial charge on any atom is -0.367 e. The first-order valence-corrected chi connectivity index (χ1v) is 8.08. The van der Waals surface area contributed by atoms with Gasteiger partial charge in [-0.05, 0) is 30.2 Å². The topological polar surface area (TPSA) is 56.4 Å². The highest BCUT2D eigenvalue weighted by Crippen LogP contribution is 2.13. The first-order valence-electron chi connectivity index (χ1n) is 8.08. The zero-order chi connectivity index (χ0) is 16.9. The van der Waals surface area contributed by atoms with Gasteiger partial charge in [0, 0.05) is 38.6 Å². The van der Waals surface area contributed by atoms with Crippen LogP contribution in [0.2, 0.25) is 0 Å². The van der Waals surface area contributed by atoms with E-state index in [1.165, 1.54) is 12.1 Å². The number of benzene rings is 1. The Morgan fingerprint density at radius 2 is 1.79 bits per heavy atom. The molecule has 0 aliphatic carbocycles. The molecule has 24 heavy (non-hydrogen) atoms. The largest absolute Gasteiger partial charge is 0.367 e. The molecular weight excluding hydrogens is 309 g/mol. The summed E-state index contributed by atoms with van der Waals surface area (Å²) in [5, 5.41) is 0. The van der Waals surface area contributed by atoms with E-state index in [0.717, 1.165) is 5.56 Å². The van der Waals surface area contributed by atoms with Crippen molar-refractivity contribution < 1.29 is 14.0 Å². The molecule has 0 spiro atoms. The molecule has 2 amide bonds. The summed E-state index contributed by atoms with van der Waals surface area (Å²) in [5.41, 5.74) is 1.04. The van der Waals surface area contributed by atoms with E-state index < -0.39 is 5.82 Å². The van der Waals surface area contributed by atoms with Gasteiger partial charge < -0.3 is 14.8 Å². The summed E-state index contributed by atoms with van der Waals surface area (Å²) < 4.78 is 13.8. The molecule has 3 rings (SSSR count). The van der Waals surface area contributed by atoms with Crippen LogP contribution in [-0.4, -0.2) is 52.8 Å². The summed E-state index contributed by atoms with van der Waals surface area (Å²) in [7, 11) is 0. The maximum absolute atomic E-state index is 13.8. The fraction of sp³-hybridized carbons (Fsp3) is 0.333. The highest BCUT2D eigenvalue weighted by molar-refractivity contribution is 5.94. The predicted octanol–water partition coefficient (Wildman–Crippen LogP) is 2.07. The fourth-order valence-corrected chi connectivity index (χ4v) is 2.93. The van der Waals surface area contributed by atoms with Crippen LogP contribution in [0, 0.1) is 5.82 Å². The summed E-state index contributed by atoms with van der Waals surface area (Å²) in [5.74, 6) is -0.769. The van der Waals surface area contributed by atoms with Crippen molar-refractivity contribution in [2.75, 3.05) is 26.2 Å². The number of nitrogens with zero attached hydrogens (tertiary/aromatic N) is 2. The molecule has 1 aliphatic heterocycles. The van der Waals surface area contributed by atoms with Gasteiger partial charge in [0.2, 0.25) is 5.91 Å². The van der Waals surface area contributed by atoms with Crippen LogP contribution in [0.15, 0.2) is 42.7 Å². The average Bonchev–Trinajstić information content (AvgIpc) is 2.96. The smallest absolute Gasteiger partial charge is 0.256 e. The van der Waals surface area contributed by atoms with Crippen molar-refractivity contribution in [1.82, 2.24) is 14.8 Å². The van der Waals surface area contributed by atoms with Crippen LogP contribution >= 0.6 is 0 Å². The molecule has 5 nitrogen and oxygen atoms in total. The number of rotatable bonds is 3. The molecule has 1 aliphatic rings. The number of amides is 2. The van der Waals surface area contributed by atoms with Crippen molar-refractivity contribution in [3.8, 4) is 0 Å². The fourth-order valence-electron chi connectivity index (χ4n) is 2.93. The lowest BCUT2D eigenvalue weighted by Gasteiger charge is -2.22. The van der Waals surface area contributed by atoms with Gasteiger partial charge in [0.25, 0.3) is 5.91 Å². The zero-order valence-electron chi connectivity index (χ0n) is 13.4. The summed E-state index contributed by atoms with van der Waals surface area (Å²) in [4.78, 5) is 31.2. The Balaban J connectivity index is 1.61. The monoisotopic (exact) mass is 329 g/mol. The van der Waals surface area contributed by atoms with Crippen LogP contribution < -0.4 is 0 Å². The summed E-state index contributed by atoms with van der Waals surface area (Å²) >= 11 is 0. The molecule has 126 valence electrons. The maximum atomic E-state index is 13.8. The second-order valence-electron chi connectivity index (χ2n) is 5.90. The third-order valence-electron chi connectivity index (χ3n) is 4.26. The lowest BCUT2D eigenvalue weighted by molar-refractivity contribution is -0.130. The number of H-pyrrole nitrogens is 1. The van der Waals surface area contributed by atoms with Crippen molar-refractivity contribution in [3.63, 3.8) is 0 Å². The molecule has 1 fully saturated rings. The lowest BCUT2D eigenvalue weighted by atomic mass is 10.2. The van der Waals surface area contributed by atoms with E-state index in [2.05, 4.69) is 4.98 Å². The van der Waals surface area contributed by atoms with Crippen molar-refractivity contribution in [3.05, 3.63) is 59.7 Å². The third kappa shape index (κ3) is 3.64. The lowest BCUT2D eigenvalue weighted by Crippen LogP contribution is -2.38. The van der Waals surface area contributed by atoms with Gasteiger partial charge in [0.05, 0.1) is 12.0 Å². The Morgan fingerprint density at radius 1 is 1.04 bits per heavy atom. The molecule has 0 atom stereocenters. The number of aromatic nitrogens is 1. The number of aromatic amines is 1. The average molecular weight is 329 g/mol. The van der Waals surface area contributed by atoms with E-state index >= 15 is 0 Å². The zero-order valence-corrected chi connectivity index (χ0v) is 13.4. The number of carbonyl (C=O) groups excluding carboxylic acids is 2. The van der Waals surface area contributed by atoms with Crippen molar-refractivity contribution in [2.45, 2.75) is 12.8 Å². The SMILES string of the molecule is O=C(Cc1cc[nH]c1)N1CCCN(C(=O)c2ccccc2F)CC1. The van der Waals surface area contributed by atoms with Crippen molar-refractivity contribution >= 4 is 11.8 Å². The second kappa shape index (κ2) is 7.29. The summed E-state index contributed by atoms with van der Waals surface area (Å²) in [6.45, 7) is 2.04. The number of carbonyl (C=O) groups is 2. The maximum Gasteiger partial charge on any atom is 0.256 e.